The SMILES string of the molecule is COc1cccc(CN2CCC([C@]3(CC(C)C)NC(=O)N(CCc4cccs4)C3=O)CC2)c1O. The Labute approximate surface area is 205 Å². The summed E-state index contributed by atoms with van der Waals surface area (Å²) in [6.07, 6.45) is 2.98. The number of carbonyl (C=O) groups excluding carboxylic acids is 2. The molecule has 0 spiro atoms. The number of urea groups is 1. The Bertz CT molecular complexity index is 1000. The number of piperidine rings is 1. The molecule has 2 aromatic rings. The van der Waals surface area contributed by atoms with Crippen molar-refractivity contribution in [3.05, 3.63) is 46.2 Å². The summed E-state index contributed by atoms with van der Waals surface area (Å²) >= 11 is 1.65. The fourth-order valence-corrected chi connectivity index (χ4v) is 6.13. The number of carbonyl (C=O) groups is 2. The molecule has 3 heterocycles. The number of hydrogen-bond donors (Lipinski definition) is 2. The number of nitrogens with one attached hydrogen (secondary N) is 1. The van der Waals surface area contributed by atoms with E-state index in [0.717, 1.165) is 31.5 Å². The van der Waals surface area contributed by atoms with Crippen molar-refractivity contribution >= 4 is 23.3 Å². The van der Waals surface area contributed by atoms with E-state index in [1.165, 1.54) is 9.78 Å². The predicted octanol–water partition coefficient (Wildman–Crippen LogP) is 4.25. The minimum Gasteiger partial charge on any atom is -0.504 e. The van der Waals surface area contributed by atoms with Gasteiger partial charge in [0, 0.05) is 23.5 Å². The maximum absolute atomic E-state index is 13.7. The second-order valence-electron chi connectivity index (χ2n) is 9.80. The Morgan fingerprint density at radius 2 is 1.97 bits per heavy atom. The number of methoxy groups -OCH3 is 1. The highest BCUT2D eigenvalue weighted by Gasteiger charge is 2.55. The van der Waals surface area contributed by atoms with Gasteiger partial charge in [-0.1, -0.05) is 32.0 Å². The van der Waals surface area contributed by atoms with Crippen LogP contribution in [0.4, 0.5) is 4.79 Å². The summed E-state index contributed by atoms with van der Waals surface area (Å²) in [6.45, 7) is 6.87. The van der Waals surface area contributed by atoms with Crippen molar-refractivity contribution in [2.24, 2.45) is 11.8 Å². The van der Waals surface area contributed by atoms with E-state index in [9.17, 15) is 14.7 Å². The molecule has 2 aliphatic rings. The first-order chi connectivity index (χ1) is 16.3. The summed E-state index contributed by atoms with van der Waals surface area (Å²) in [6, 6.07) is 9.32. The zero-order chi connectivity index (χ0) is 24.3. The molecule has 8 heteroatoms. The molecule has 0 radical (unpaired) electrons. The summed E-state index contributed by atoms with van der Waals surface area (Å²) in [4.78, 5) is 31.5. The van der Waals surface area contributed by atoms with Gasteiger partial charge in [0.05, 0.1) is 7.11 Å². The summed E-state index contributed by atoms with van der Waals surface area (Å²) < 4.78 is 5.23. The largest absolute Gasteiger partial charge is 0.504 e. The van der Waals surface area contributed by atoms with Crippen LogP contribution in [0.1, 0.15) is 43.6 Å². The molecule has 1 atom stereocenters. The van der Waals surface area contributed by atoms with E-state index in [1.807, 2.05) is 29.6 Å². The van der Waals surface area contributed by atoms with Gasteiger partial charge in [0.25, 0.3) is 5.91 Å². The van der Waals surface area contributed by atoms with Gasteiger partial charge in [-0.2, -0.15) is 0 Å². The molecule has 2 aliphatic heterocycles. The van der Waals surface area contributed by atoms with E-state index in [-0.39, 0.29) is 29.5 Å². The topological polar surface area (TPSA) is 82.1 Å². The van der Waals surface area contributed by atoms with Crippen LogP contribution in [-0.2, 0) is 17.8 Å². The highest BCUT2D eigenvalue weighted by molar-refractivity contribution is 7.09. The van der Waals surface area contributed by atoms with Crippen molar-refractivity contribution in [2.75, 3.05) is 26.7 Å². The summed E-state index contributed by atoms with van der Waals surface area (Å²) in [5.74, 6) is 0.973. The van der Waals surface area contributed by atoms with E-state index in [1.54, 1.807) is 24.5 Å². The van der Waals surface area contributed by atoms with Gasteiger partial charge < -0.3 is 15.2 Å². The molecule has 2 saturated heterocycles. The molecule has 0 aliphatic carbocycles. The summed E-state index contributed by atoms with van der Waals surface area (Å²) in [7, 11) is 1.55. The summed E-state index contributed by atoms with van der Waals surface area (Å²) in [5.41, 5.74) is 0.00457. The van der Waals surface area contributed by atoms with Crippen molar-refractivity contribution in [1.82, 2.24) is 15.1 Å². The smallest absolute Gasteiger partial charge is 0.325 e. The quantitative estimate of drug-likeness (QED) is 0.519. The van der Waals surface area contributed by atoms with Gasteiger partial charge in [0.2, 0.25) is 0 Å². The molecule has 0 saturated carbocycles. The first-order valence-electron chi connectivity index (χ1n) is 12.1. The van der Waals surface area contributed by atoms with Gasteiger partial charge in [0.1, 0.15) is 5.54 Å². The third kappa shape index (κ3) is 4.93. The molecule has 3 amide bonds. The average molecular weight is 486 g/mol. The maximum Gasteiger partial charge on any atom is 0.325 e. The van der Waals surface area contributed by atoms with Gasteiger partial charge >= 0.3 is 6.03 Å². The predicted molar refractivity (Wildman–Crippen MR) is 133 cm³/mol. The van der Waals surface area contributed by atoms with Gasteiger partial charge in [-0.3, -0.25) is 14.6 Å². The van der Waals surface area contributed by atoms with Crippen LogP contribution < -0.4 is 10.1 Å². The van der Waals surface area contributed by atoms with E-state index in [2.05, 4.69) is 24.1 Å². The fourth-order valence-electron chi connectivity index (χ4n) is 5.44. The number of nitrogens with zero attached hydrogens (tertiary/aromatic N) is 2. The second-order valence-corrected chi connectivity index (χ2v) is 10.8. The zero-order valence-corrected chi connectivity index (χ0v) is 21.1. The lowest BCUT2D eigenvalue weighted by Crippen LogP contribution is -2.56. The van der Waals surface area contributed by atoms with Crippen molar-refractivity contribution in [3.8, 4) is 11.5 Å². The number of amides is 3. The first-order valence-corrected chi connectivity index (χ1v) is 13.0. The van der Waals surface area contributed by atoms with Crippen LogP contribution in [0.2, 0.25) is 0 Å². The Kier molecular flexibility index (Phi) is 7.48. The number of ether oxygens (including phenoxy) is 1. The third-order valence-electron chi connectivity index (χ3n) is 7.07. The Morgan fingerprint density at radius 1 is 1.21 bits per heavy atom. The normalized spacial score (nSPS) is 21.9. The lowest BCUT2D eigenvalue weighted by Gasteiger charge is -2.41. The Morgan fingerprint density at radius 3 is 2.62 bits per heavy atom. The van der Waals surface area contributed by atoms with E-state index < -0.39 is 5.54 Å². The minimum absolute atomic E-state index is 0.0633. The highest BCUT2D eigenvalue weighted by Crippen LogP contribution is 2.39. The molecule has 0 bridgehead atoms. The van der Waals surface area contributed by atoms with Gasteiger partial charge in [0.15, 0.2) is 11.5 Å². The molecule has 2 fully saturated rings. The maximum atomic E-state index is 13.7. The van der Waals surface area contributed by atoms with Gasteiger partial charge in [-0.15, -0.1) is 11.3 Å². The fraction of sp³-hybridized carbons (Fsp3) is 0.538. The zero-order valence-electron chi connectivity index (χ0n) is 20.3. The molecule has 34 heavy (non-hydrogen) atoms. The van der Waals surface area contributed by atoms with Crippen LogP contribution in [0.25, 0.3) is 0 Å². The Balaban J connectivity index is 1.44. The van der Waals surface area contributed by atoms with E-state index >= 15 is 0 Å². The molecule has 1 aromatic carbocycles. The number of likely N-dealkylation sites (tertiary alicyclic amines) is 1. The van der Waals surface area contributed by atoms with Crippen molar-refractivity contribution in [1.29, 1.82) is 0 Å². The van der Waals surface area contributed by atoms with Gasteiger partial charge in [-0.25, -0.2) is 4.79 Å². The van der Waals surface area contributed by atoms with E-state index in [0.29, 0.717) is 31.7 Å². The van der Waals surface area contributed by atoms with Crippen LogP contribution in [0.15, 0.2) is 35.7 Å². The molecule has 0 unspecified atom stereocenters. The molecule has 2 N–H and O–H groups in total. The second kappa shape index (κ2) is 10.4. The van der Waals surface area contributed by atoms with Crippen molar-refractivity contribution < 1.29 is 19.4 Å². The summed E-state index contributed by atoms with van der Waals surface area (Å²) in [5, 5.41) is 15.6. The number of phenolic OH excluding ortho intramolecular Hbond substituents is 1. The van der Waals surface area contributed by atoms with Gasteiger partial charge in [-0.05, 0) is 68.1 Å². The average Bonchev–Trinajstić information content (AvgIpc) is 3.41. The van der Waals surface area contributed by atoms with Crippen molar-refractivity contribution in [3.63, 3.8) is 0 Å². The number of imide groups is 1. The molecule has 1 aromatic heterocycles. The molecular weight excluding hydrogens is 450 g/mol. The number of phenols is 1. The van der Waals surface area contributed by atoms with Crippen LogP contribution in [0.5, 0.6) is 11.5 Å². The number of rotatable bonds is 9. The lowest BCUT2D eigenvalue weighted by molar-refractivity contribution is -0.134. The number of hydrogen-bond acceptors (Lipinski definition) is 6. The van der Waals surface area contributed by atoms with Crippen LogP contribution in [-0.4, -0.2) is 59.1 Å². The molecular formula is C26H35N3O4S. The van der Waals surface area contributed by atoms with Crippen molar-refractivity contribution in [2.45, 2.75) is 51.6 Å². The van der Waals surface area contributed by atoms with Crippen LogP contribution in [0, 0.1) is 11.8 Å². The van der Waals surface area contributed by atoms with Crippen LogP contribution >= 0.6 is 11.3 Å². The third-order valence-corrected chi connectivity index (χ3v) is 8.01. The highest BCUT2D eigenvalue weighted by atomic mass is 32.1. The first kappa shape index (κ1) is 24.5. The molecule has 4 rings (SSSR count). The lowest BCUT2D eigenvalue weighted by atomic mass is 9.73. The number of thiophene rings is 1. The Hall–Kier alpha value is -2.58. The molecule has 7 nitrogen and oxygen atoms in total. The number of para-hydroxylation sites is 1. The molecule has 184 valence electrons. The minimum atomic E-state index is -0.828. The van der Waals surface area contributed by atoms with Crippen LogP contribution in [0.3, 0.4) is 0 Å². The number of aromatic hydroxyl groups is 1. The monoisotopic (exact) mass is 485 g/mol. The van der Waals surface area contributed by atoms with E-state index in [4.69, 9.17) is 4.74 Å². The standard InChI is InChI=1S/C26H35N3O4S/c1-18(2)16-26(24(31)29(25(32)27-26)14-11-21-7-5-15-34-21)20-9-12-28(13-10-20)17-19-6-4-8-22(33-3)23(19)30/h4-8,15,18,20,30H,9-14,16-17H2,1-3H3,(H,27,32)/t26-/m0/s1. The number of benzene rings is 1.